The van der Waals surface area contributed by atoms with Gasteiger partial charge in [0.2, 0.25) is 0 Å². The summed E-state index contributed by atoms with van der Waals surface area (Å²) in [6.45, 7) is 4.18. The summed E-state index contributed by atoms with van der Waals surface area (Å²) in [5, 5.41) is 3.49. The van der Waals surface area contributed by atoms with Crippen LogP contribution < -0.4 is 15.0 Å². The lowest BCUT2D eigenvalue weighted by Crippen LogP contribution is -2.28. The van der Waals surface area contributed by atoms with Crippen LogP contribution in [0.25, 0.3) is 0 Å². The van der Waals surface area contributed by atoms with E-state index >= 15 is 0 Å². The lowest BCUT2D eigenvalue weighted by Gasteiger charge is -2.32. The van der Waals surface area contributed by atoms with Crippen molar-refractivity contribution in [3.05, 3.63) is 83.7 Å². The van der Waals surface area contributed by atoms with Crippen LogP contribution in [0.1, 0.15) is 36.0 Å². The second-order valence-electron chi connectivity index (χ2n) is 8.94. The van der Waals surface area contributed by atoms with Gasteiger partial charge in [-0.2, -0.15) is 0 Å². The fourth-order valence-corrected chi connectivity index (χ4v) is 4.88. The van der Waals surface area contributed by atoms with Gasteiger partial charge in [0.1, 0.15) is 12.4 Å². The van der Waals surface area contributed by atoms with Crippen molar-refractivity contribution in [3.8, 4) is 5.75 Å². The largest absolute Gasteiger partial charge is 0.490 e. The Kier molecular flexibility index (Phi) is 7.19. The molecule has 2 aromatic carbocycles. The molecule has 1 saturated heterocycles. The van der Waals surface area contributed by atoms with Crippen molar-refractivity contribution in [1.29, 1.82) is 0 Å². The highest BCUT2D eigenvalue weighted by atomic mass is 16.5. The first-order valence-corrected chi connectivity index (χ1v) is 12.2. The van der Waals surface area contributed by atoms with Crippen molar-refractivity contribution in [2.75, 3.05) is 31.2 Å². The van der Waals surface area contributed by atoms with Gasteiger partial charge in [0.05, 0.1) is 31.3 Å². The van der Waals surface area contributed by atoms with Crippen molar-refractivity contribution in [2.45, 2.75) is 44.8 Å². The van der Waals surface area contributed by atoms with Crippen LogP contribution in [0.15, 0.2) is 67.0 Å². The fraction of sp³-hybridized carbons (Fsp3) is 0.393. The smallest absolute Gasteiger partial charge is 0.139 e. The zero-order valence-corrected chi connectivity index (χ0v) is 19.2. The summed E-state index contributed by atoms with van der Waals surface area (Å²) in [6, 6.07) is 19.6. The van der Waals surface area contributed by atoms with E-state index in [4.69, 9.17) is 9.47 Å². The molecule has 1 fully saturated rings. The highest BCUT2D eigenvalue weighted by molar-refractivity contribution is 5.69. The van der Waals surface area contributed by atoms with Crippen LogP contribution in [-0.2, 0) is 24.2 Å². The van der Waals surface area contributed by atoms with E-state index in [9.17, 15) is 0 Å². The second kappa shape index (κ2) is 10.8. The zero-order chi connectivity index (χ0) is 22.3. The maximum absolute atomic E-state index is 6.07. The topological polar surface area (TPSA) is 46.6 Å². The van der Waals surface area contributed by atoms with E-state index in [1.54, 1.807) is 0 Å². The van der Waals surface area contributed by atoms with Gasteiger partial charge < -0.3 is 19.7 Å². The third kappa shape index (κ3) is 5.55. The minimum Gasteiger partial charge on any atom is -0.490 e. The first-order valence-electron chi connectivity index (χ1n) is 12.2. The Balaban J connectivity index is 1.25. The van der Waals surface area contributed by atoms with E-state index in [0.717, 1.165) is 50.4 Å². The molecule has 0 aliphatic carbocycles. The van der Waals surface area contributed by atoms with Crippen LogP contribution in [0.3, 0.4) is 0 Å². The predicted octanol–water partition coefficient (Wildman–Crippen LogP) is 5.06. The van der Waals surface area contributed by atoms with E-state index in [1.807, 2.05) is 18.5 Å². The van der Waals surface area contributed by atoms with Crippen molar-refractivity contribution >= 4 is 11.4 Å². The van der Waals surface area contributed by atoms with Crippen LogP contribution in [0.4, 0.5) is 11.4 Å². The summed E-state index contributed by atoms with van der Waals surface area (Å²) >= 11 is 0. The third-order valence-electron chi connectivity index (χ3n) is 6.60. The molecule has 3 heterocycles. The highest BCUT2D eigenvalue weighted by Gasteiger charge is 2.21. The molecule has 0 radical (unpaired) electrons. The molecule has 5 nitrogen and oxygen atoms in total. The minimum absolute atomic E-state index is 0.455. The predicted molar refractivity (Wildman–Crippen MR) is 132 cm³/mol. The van der Waals surface area contributed by atoms with Gasteiger partial charge in [-0.1, -0.05) is 42.5 Å². The molecule has 172 valence electrons. The number of fused-ring (bicyclic) bond motifs is 1. The quantitative estimate of drug-likeness (QED) is 0.469. The lowest BCUT2D eigenvalue weighted by atomic mass is 9.94. The Hall–Kier alpha value is -2.89. The molecule has 0 unspecified atom stereocenters. The summed E-state index contributed by atoms with van der Waals surface area (Å²) in [7, 11) is 0. The molecule has 0 spiro atoms. The SMILES string of the molecule is c1ccc(COCCc2cccc3c2CCCN3c2cncc(OC[C@@H]3CCCN3)c2)cc1. The summed E-state index contributed by atoms with van der Waals surface area (Å²) in [5.41, 5.74) is 6.44. The van der Waals surface area contributed by atoms with Crippen LogP contribution >= 0.6 is 0 Å². The number of aromatic nitrogens is 1. The standard InChI is InChI=1S/C28H33N3O2/c1-2-7-22(8-3-1)20-32-16-13-23-9-4-12-28-27(23)11-6-15-31(28)25-17-26(19-29-18-25)33-21-24-10-5-14-30-24/h1-4,7-9,12,17-19,24,30H,5-6,10-11,13-16,20-21H2/t24-/m0/s1. The van der Waals surface area contributed by atoms with Crippen molar-refractivity contribution in [1.82, 2.24) is 10.3 Å². The molecule has 0 amide bonds. The molecule has 1 N–H and O–H groups in total. The number of ether oxygens (including phenoxy) is 2. The van der Waals surface area contributed by atoms with E-state index in [-0.39, 0.29) is 0 Å². The van der Waals surface area contributed by atoms with Gasteiger partial charge in [0.25, 0.3) is 0 Å². The number of nitrogens with one attached hydrogen (secondary N) is 1. The van der Waals surface area contributed by atoms with Crippen LogP contribution in [0, 0.1) is 0 Å². The monoisotopic (exact) mass is 443 g/mol. The second-order valence-corrected chi connectivity index (χ2v) is 8.94. The molecule has 1 aromatic heterocycles. The Morgan fingerprint density at radius 1 is 1.03 bits per heavy atom. The Morgan fingerprint density at radius 2 is 1.97 bits per heavy atom. The number of rotatable bonds is 9. The zero-order valence-electron chi connectivity index (χ0n) is 19.2. The van der Waals surface area contributed by atoms with Crippen LogP contribution in [0.5, 0.6) is 5.75 Å². The summed E-state index contributed by atoms with van der Waals surface area (Å²) in [4.78, 5) is 6.87. The molecule has 1 atom stereocenters. The Labute approximate surface area is 196 Å². The molecule has 5 rings (SSSR count). The van der Waals surface area contributed by atoms with Gasteiger partial charge in [-0.3, -0.25) is 4.98 Å². The average molecular weight is 444 g/mol. The van der Waals surface area contributed by atoms with E-state index in [1.165, 1.54) is 35.2 Å². The fourth-order valence-electron chi connectivity index (χ4n) is 4.88. The molecule has 5 heteroatoms. The maximum atomic E-state index is 6.07. The number of nitrogens with zero attached hydrogens (tertiary/aromatic N) is 2. The number of benzene rings is 2. The first-order chi connectivity index (χ1) is 16.4. The number of hydrogen-bond acceptors (Lipinski definition) is 5. The molecular weight excluding hydrogens is 410 g/mol. The van der Waals surface area contributed by atoms with Gasteiger partial charge >= 0.3 is 0 Å². The van der Waals surface area contributed by atoms with Crippen LogP contribution in [0.2, 0.25) is 0 Å². The lowest BCUT2D eigenvalue weighted by molar-refractivity contribution is 0.123. The molecule has 0 bridgehead atoms. The first kappa shape index (κ1) is 21.9. The molecular formula is C28H33N3O2. The Bertz CT molecular complexity index is 1030. The maximum Gasteiger partial charge on any atom is 0.139 e. The van der Waals surface area contributed by atoms with E-state index < -0.39 is 0 Å². The number of anilines is 2. The number of pyridine rings is 1. The van der Waals surface area contributed by atoms with E-state index in [2.05, 4.69) is 63.7 Å². The van der Waals surface area contributed by atoms with Crippen molar-refractivity contribution < 1.29 is 9.47 Å². The average Bonchev–Trinajstić information content (AvgIpc) is 3.40. The van der Waals surface area contributed by atoms with Gasteiger partial charge in [-0.15, -0.1) is 0 Å². The molecule has 2 aliphatic rings. The third-order valence-corrected chi connectivity index (χ3v) is 6.60. The summed E-state index contributed by atoms with van der Waals surface area (Å²) < 4.78 is 12.0. The van der Waals surface area contributed by atoms with Gasteiger partial charge in [0, 0.05) is 24.3 Å². The highest BCUT2D eigenvalue weighted by Crippen LogP contribution is 2.36. The molecule has 0 saturated carbocycles. The van der Waals surface area contributed by atoms with Gasteiger partial charge in [-0.05, 0) is 61.4 Å². The van der Waals surface area contributed by atoms with Gasteiger partial charge in [0.15, 0.2) is 0 Å². The van der Waals surface area contributed by atoms with Crippen LogP contribution in [-0.4, -0.2) is 37.3 Å². The number of hydrogen-bond donors (Lipinski definition) is 1. The van der Waals surface area contributed by atoms with Crippen molar-refractivity contribution in [3.63, 3.8) is 0 Å². The van der Waals surface area contributed by atoms with Gasteiger partial charge in [-0.25, -0.2) is 0 Å². The minimum atomic E-state index is 0.455. The Morgan fingerprint density at radius 3 is 2.85 bits per heavy atom. The van der Waals surface area contributed by atoms with E-state index in [0.29, 0.717) is 19.3 Å². The molecule has 33 heavy (non-hydrogen) atoms. The molecule has 2 aliphatic heterocycles. The normalized spacial score (nSPS) is 17.7. The molecule has 3 aromatic rings. The summed E-state index contributed by atoms with van der Waals surface area (Å²) in [5.74, 6) is 0.846. The summed E-state index contributed by atoms with van der Waals surface area (Å²) in [6.07, 6.45) is 9.36. The van der Waals surface area contributed by atoms with Crippen molar-refractivity contribution in [2.24, 2.45) is 0 Å².